The molecule has 0 atom stereocenters. The number of aliphatic imine (C=N–C) groups is 1. The van der Waals surface area contributed by atoms with Gasteiger partial charge in [0, 0.05) is 12.3 Å². The van der Waals surface area contributed by atoms with Crippen molar-refractivity contribution in [3.63, 3.8) is 0 Å². The average Bonchev–Trinajstić information content (AvgIpc) is 2.67. The Kier molecular flexibility index (Phi) is 3.81. The Bertz CT molecular complexity index is 504. The summed E-state index contributed by atoms with van der Waals surface area (Å²) in [5, 5.41) is 0. The number of aromatic amines is 1. The van der Waals surface area contributed by atoms with Crippen LogP contribution in [-0.4, -0.2) is 40.8 Å². The highest BCUT2D eigenvalue weighted by atomic mass is 16.1. The predicted molar refractivity (Wildman–Crippen MR) is 74.7 cm³/mol. The van der Waals surface area contributed by atoms with Gasteiger partial charge in [-0.05, 0) is 46.0 Å². The molecule has 0 unspecified atom stereocenters. The number of H-pyrrole nitrogens is 1. The third-order valence-corrected chi connectivity index (χ3v) is 3.45. The van der Waals surface area contributed by atoms with Crippen LogP contribution in [0.5, 0.6) is 0 Å². The third kappa shape index (κ3) is 2.31. The number of piperidine rings is 1. The van der Waals surface area contributed by atoms with Gasteiger partial charge in [-0.3, -0.25) is 9.55 Å². The summed E-state index contributed by atoms with van der Waals surface area (Å²) in [7, 11) is 2.11. The van der Waals surface area contributed by atoms with E-state index in [4.69, 9.17) is 0 Å². The van der Waals surface area contributed by atoms with Crippen molar-refractivity contribution in [3.8, 4) is 0 Å². The van der Waals surface area contributed by atoms with Gasteiger partial charge < -0.3 is 4.90 Å². The summed E-state index contributed by atoms with van der Waals surface area (Å²) < 4.78 is 1.81. The molecule has 0 bridgehead atoms. The molecule has 1 aliphatic heterocycles. The molecule has 1 aromatic rings. The molecule has 5 nitrogen and oxygen atoms in total. The fourth-order valence-corrected chi connectivity index (χ4v) is 2.49. The summed E-state index contributed by atoms with van der Waals surface area (Å²) in [5.74, 6) is 0.608. The molecule has 0 saturated carbocycles. The van der Waals surface area contributed by atoms with E-state index in [9.17, 15) is 4.79 Å². The molecule has 1 N–H and O–H groups in total. The summed E-state index contributed by atoms with van der Waals surface area (Å²) in [5.41, 5.74) is 0.715. The fraction of sp³-hybridized carbons (Fsp3) is 0.538. The Morgan fingerprint density at radius 1 is 1.44 bits per heavy atom. The molecule has 0 aromatic carbocycles. The van der Waals surface area contributed by atoms with Gasteiger partial charge in [0.15, 0.2) is 5.82 Å². The van der Waals surface area contributed by atoms with Crippen molar-refractivity contribution in [2.45, 2.75) is 25.8 Å². The first-order valence-electron chi connectivity index (χ1n) is 6.31. The average molecular weight is 248 g/mol. The summed E-state index contributed by atoms with van der Waals surface area (Å²) in [6, 6.07) is 0.249. The molecule has 0 amide bonds. The number of rotatable bonds is 3. The Balaban J connectivity index is 2.38. The van der Waals surface area contributed by atoms with E-state index in [-0.39, 0.29) is 11.7 Å². The van der Waals surface area contributed by atoms with Crippen LogP contribution in [0.3, 0.4) is 0 Å². The highest BCUT2D eigenvalue weighted by Gasteiger charge is 2.23. The number of hydrogen-bond acceptors (Lipinski definition) is 3. The SMILES string of the molecule is C=Cc1c(/N=C\C)[nH]c(=O)n1C1CCN(C)CC1. The van der Waals surface area contributed by atoms with Crippen LogP contribution in [0.4, 0.5) is 5.82 Å². The second kappa shape index (κ2) is 5.35. The van der Waals surface area contributed by atoms with Crippen LogP contribution < -0.4 is 5.69 Å². The van der Waals surface area contributed by atoms with E-state index in [1.54, 1.807) is 12.3 Å². The lowest BCUT2D eigenvalue weighted by Crippen LogP contribution is -2.35. The maximum absolute atomic E-state index is 12.0. The quantitative estimate of drug-likeness (QED) is 0.829. The van der Waals surface area contributed by atoms with Crippen LogP contribution in [0, 0.1) is 0 Å². The van der Waals surface area contributed by atoms with Crippen molar-refractivity contribution < 1.29 is 0 Å². The Labute approximate surface area is 107 Å². The van der Waals surface area contributed by atoms with Gasteiger partial charge >= 0.3 is 5.69 Å². The minimum absolute atomic E-state index is 0.0833. The monoisotopic (exact) mass is 248 g/mol. The molecule has 98 valence electrons. The van der Waals surface area contributed by atoms with Crippen molar-refractivity contribution in [3.05, 3.63) is 22.8 Å². The van der Waals surface area contributed by atoms with Crippen LogP contribution >= 0.6 is 0 Å². The lowest BCUT2D eigenvalue weighted by molar-refractivity contribution is 0.218. The van der Waals surface area contributed by atoms with Crippen molar-refractivity contribution in [1.82, 2.24) is 14.5 Å². The maximum atomic E-state index is 12.0. The van der Waals surface area contributed by atoms with Crippen LogP contribution in [-0.2, 0) is 0 Å². The van der Waals surface area contributed by atoms with E-state index in [1.807, 2.05) is 11.5 Å². The zero-order valence-electron chi connectivity index (χ0n) is 11.0. The van der Waals surface area contributed by atoms with E-state index >= 15 is 0 Å². The summed E-state index contributed by atoms with van der Waals surface area (Å²) in [6.45, 7) is 7.66. The lowest BCUT2D eigenvalue weighted by Gasteiger charge is -2.29. The number of hydrogen-bond donors (Lipinski definition) is 1. The normalized spacial score (nSPS) is 18.6. The molecule has 5 heteroatoms. The third-order valence-electron chi connectivity index (χ3n) is 3.45. The first kappa shape index (κ1) is 12.8. The number of aromatic nitrogens is 2. The van der Waals surface area contributed by atoms with Crippen molar-refractivity contribution >= 4 is 18.1 Å². The molecule has 0 radical (unpaired) electrons. The van der Waals surface area contributed by atoms with Crippen LogP contribution in [0.15, 0.2) is 16.4 Å². The van der Waals surface area contributed by atoms with Crippen LogP contribution in [0.2, 0.25) is 0 Å². The molecule has 1 aliphatic rings. The molecule has 18 heavy (non-hydrogen) atoms. The molecule has 1 aromatic heterocycles. The van der Waals surface area contributed by atoms with Gasteiger partial charge in [0.1, 0.15) is 0 Å². The summed E-state index contributed by atoms with van der Waals surface area (Å²) >= 11 is 0. The number of nitrogens with one attached hydrogen (secondary N) is 1. The smallest absolute Gasteiger partial charge is 0.306 e. The number of nitrogens with zero attached hydrogens (tertiary/aromatic N) is 3. The standard InChI is InChI=1S/C13H20N4O/c1-4-11-12(14-5-2)15-13(18)17(11)10-6-8-16(3)9-7-10/h4-5,10H,1,6-9H2,2-3H3,(H,15,18)/b14-5-. The number of imidazole rings is 1. The molecule has 2 rings (SSSR count). The zero-order chi connectivity index (χ0) is 13.1. The van der Waals surface area contributed by atoms with E-state index < -0.39 is 0 Å². The predicted octanol–water partition coefficient (Wildman–Crippen LogP) is 1.81. The molecular weight excluding hydrogens is 228 g/mol. The van der Waals surface area contributed by atoms with Gasteiger partial charge in [0.05, 0.1) is 5.69 Å². The fourth-order valence-electron chi connectivity index (χ4n) is 2.49. The van der Waals surface area contributed by atoms with Gasteiger partial charge in [-0.1, -0.05) is 6.58 Å². The zero-order valence-corrected chi connectivity index (χ0v) is 11.0. The molecule has 0 aliphatic carbocycles. The van der Waals surface area contributed by atoms with Gasteiger partial charge in [-0.2, -0.15) is 0 Å². The molecule has 1 saturated heterocycles. The van der Waals surface area contributed by atoms with E-state index in [0.717, 1.165) is 31.6 Å². The summed E-state index contributed by atoms with van der Waals surface area (Å²) in [6.07, 6.45) is 5.37. The van der Waals surface area contributed by atoms with Crippen LogP contribution in [0.1, 0.15) is 31.5 Å². The van der Waals surface area contributed by atoms with E-state index in [1.165, 1.54) is 0 Å². The maximum Gasteiger partial charge on any atom is 0.327 e. The first-order chi connectivity index (χ1) is 8.67. The minimum Gasteiger partial charge on any atom is -0.306 e. The molecule has 2 heterocycles. The topological polar surface area (TPSA) is 53.4 Å². The van der Waals surface area contributed by atoms with Gasteiger partial charge in [-0.25, -0.2) is 9.79 Å². The van der Waals surface area contributed by atoms with Gasteiger partial charge in [-0.15, -0.1) is 0 Å². The molecular formula is C13H20N4O. The Morgan fingerprint density at radius 3 is 2.67 bits per heavy atom. The van der Waals surface area contributed by atoms with Crippen molar-refractivity contribution in [2.75, 3.05) is 20.1 Å². The van der Waals surface area contributed by atoms with E-state index in [0.29, 0.717) is 5.82 Å². The van der Waals surface area contributed by atoms with Gasteiger partial charge in [0.25, 0.3) is 0 Å². The van der Waals surface area contributed by atoms with Crippen molar-refractivity contribution in [2.24, 2.45) is 4.99 Å². The number of likely N-dealkylation sites (tertiary alicyclic amines) is 1. The highest BCUT2D eigenvalue weighted by molar-refractivity contribution is 5.64. The largest absolute Gasteiger partial charge is 0.327 e. The van der Waals surface area contributed by atoms with E-state index in [2.05, 4.69) is 28.5 Å². The van der Waals surface area contributed by atoms with Crippen molar-refractivity contribution in [1.29, 1.82) is 0 Å². The molecule has 1 fully saturated rings. The second-order valence-electron chi connectivity index (χ2n) is 4.66. The Hall–Kier alpha value is -1.62. The van der Waals surface area contributed by atoms with Gasteiger partial charge in [0.2, 0.25) is 0 Å². The highest BCUT2D eigenvalue weighted by Crippen LogP contribution is 2.25. The Morgan fingerprint density at radius 2 is 2.11 bits per heavy atom. The minimum atomic E-state index is -0.0833. The first-order valence-corrected chi connectivity index (χ1v) is 6.31. The molecule has 0 spiro atoms. The summed E-state index contributed by atoms with van der Waals surface area (Å²) in [4.78, 5) is 21.3. The van der Waals surface area contributed by atoms with Crippen LogP contribution in [0.25, 0.3) is 6.08 Å². The second-order valence-corrected chi connectivity index (χ2v) is 4.66. The lowest BCUT2D eigenvalue weighted by atomic mass is 10.1.